The van der Waals surface area contributed by atoms with Crippen LogP contribution in [0.15, 0.2) is 0 Å². The smallest absolute Gasteiger partial charge is 0.237 e. The van der Waals surface area contributed by atoms with Gasteiger partial charge in [0.15, 0.2) is 0 Å². The van der Waals surface area contributed by atoms with E-state index in [1.807, 2.05) is 0 Å². The lowest BCUT2D eigenvalue weighted by atomic mass is 10.4. The Hall–Kier alpha value is -0.420. The molecule has 13 heavy (non-hydrogen) atoms. The maximum atomic E-state index is 11.6. The minimum absolute atomic E-state index is 0.112. The van der Waals surface area contributed by atoms with E-state index in [4.69, 9.17) is 5.73 Å². The highest BCUT2D eigenvalue weighted by atomic mass is 32.2. The van der Waals surface area contributed by atoms with Gasteiger partial charge in [-0.05, 0) is 13.8 Å². The molecule has 1 amide bonds. The minimum Gasteiger partial charge on any atom is -0.348 e. The van der Waals surface area contributed by atoms with Crippen molar-refractivity contribution in [3.05, 3.63) is 0 Å². The average molecular weight is 206 g/mol. The predicted octanol–water partition coefficient (Wildman–Crippen LogP) is -0.441. The van der Waals surface area contributed by atoms with Crippen LogP contribution in [0, 0.1) is 0 Å². The second-order valence-corrected chi connectivity index (χ2v) is 5.42. The first-order chi connectivity index (χ1) is 5.91. The van der Waals surface area contributed by atoms with E-state index in [2.05, 4.69) is 0 Å². The van der Waals surface area contributed by atoms with Gasteiger partial charge in [0.25, 0.3) is 0 Å². The Bertz CT molecular complexity index is 206. The number of nitrogens with zero attached hydrogens (tertiary/aromatic N) is 1. The normalized spacial score (nSPS) is 17.6. The molecule has 0 aromatic rings. The van der Waals surface area contributed by atoms with E-state index in [9.17, 15) is 9.00 Å². The number of carbonyl (C=O) groups is 1. The third-order valence-electron chi connectivity index (χ3n) is 1.87. The van der Waals surface area contributed by atoms with Crippen LogP contribution in [0.1, 0.15) is 13.8 Å². The van der Waals surface area contributed by atoms with Gasteiger partial charge in [-0.25, -0.2) is 0 Å². The molecular formula is C8H18N2O2S. The summed E-state index contributed by atoms with van der Waals surface area (Å²) in [5.41, 5.74) is 5.37. The quantitative estimate of drug-likeness (QED) is 0.678. The molecular weight excluding hydrogens is 188 g/mol. The number of rotatable bonds is 4. The fourth-order valence-electron chi connectivity index (χ4n) is 0.906. The molecule has 0 aliphatic heterocycles. The Kier molecular flexibility index (Phi) is 5.17. The molecule has 0 spiro atoms. The van der Waals surface area contributed by atoms with E-state index >= 15 is 0 Å². The van der Waals surface area contributed by atoms with Gasteiger partial charge in [-0.2, -0.15) is 0 Å². The van der Waals surface area contributed by atoms with Gasteiger partial charge in [-0.1, -0.05) is 0 Å². The van der Waals surface area contributed by atoms with Gasteiger partial charge in [-0.3, -0.25) is 9.00 Å². The molecule has 5 heteroatoms. The molecule has 3 atom stereocenters. The summed E-state index contributed by atoms with van der Waals surface area (Å²) in [6.07, 6.45) is 0. The zero-order valence-electron chi connectivity index (χ0n) is 8.61. The summed E-state index contributed by atoms with van der Waals surface area (Å²) in [5.74, 6) is -0.112. The lowest BCUT2D eigenvalue weighted by Gasteiger charge is -2.18. The first kappa shape index (κ1) is 12.6. The first-order valence-corrected chi connectivity index (χ1v) is 5.50. The van der Waals surface area contributed by atoms with Crippen LogP contribution in [0.25, 0.3) is 0 Å². The number of hydrogen-bond acceptors (Lipinski definition) is 3. The third kappa shape index (κ3) is 3.44. The zero-order chi connectivity index (χ0) is 10.6. The molecule has 0 aromatic carbocycles. The van der Waals surface area contributed by atoms with Gasteiger partial charge in [-0.15, -0.1) is 0 Å². The Morgan fingerprint density at radius 1 is 1.46 bits per heavy atom. The van der Waals surface area contributed by atoms with E-state index < -0.39 is 16.0 Å². The van der Waals surface area contributed by atoms with Gasteiger partial charge in [0.05, 0.1) is 0 Å². The molecule has 2 N–H and O–H groups in total. The van der Waals surface area contributed by atoms with Crippen molar-refractivity contribution < 1.29 is 9.00 Å². The van der Waals surface area contributed by atoms with E-state index in [1.165, 1.54) is 4.90 Å². The summed E-state index contributed by atoms with van der Waals surface area (Å²) in [7, 11) is 2.14. The molecule has 0 saturated heterocycles. The van der Waals surface area contributed by atoms with Crippen LogP contribution >= 0.6 is 0 Å². The van der Waals surface area contributed by atoms with Crippen LogP contribution in [0.4, 0.5) is 0 Å². The fourth-order valence-corrected chi connectivity index (χ4v) is 2.20. The Balaban J connectivity index is 4.34. The van der Waals surface area contributed by atoms with Crippen LogP contribution in [0.3, 0.4) is 0 Å². The van der Waals surface area contributed by atoms with Crippen LogP contribution < -0.4 is 5.73 Å². The highest BCUT2D eigenvalue weighted by Crippen LogP contribution is 2.05. The third-order valence-corrected chi connectivity index (χ3v) is 3.75. The molecule has 4 nitrogen and oxygen atoms in total. The van der Waals surface area contributed by atoms with Crippen molar-refractivity contribution in [1.29, 1.82) is 0 Å². The average Bonchev–Trinajstić information content (AvgIpc) is 2.12. The van der Waals surface area contributed by atoms with Gasteiger partial charge in [0, 0.05) is 36.7 Å². The zero-order valence-corrected chi connectivity index (χ0v) is 9.43. The van der Waals surface area contributed by atoms with Crippen molar-refractivity contribution in [2.45, 2.75) is 24.3 Å². The van der Waals surface area contributed by atoms with Crippen molar-refractivity contribution in [1.82, 2.24) is 4.90 Å². The van der Waals surface area contributed by atoms with Crippen LogP contribution in [0.5, 0.6) is 0 Å². The summed E-state index contributed by atoms with van der Waals surface area (Å²) >= 11 is 0. The highest BCUT2D eigenvalue weighted by molar-refractivity contribution is 7.87. The predicted molar refractivity (Wildman–Crippen MR) is 54.8 cm³/mol. The van der Waals surface area contributed by atoms with Crippen molar-refractivity contribution in [3.63, 3.8) is 0 Å². The van der Waals surface area contributed by atoms with Crippen LogP contribution in [-0.2, 0) is 15.6 Å². The monoisotopic (exact) mass is 206 g/mol. The SMILES string of the molecule is CC(CN)S(=O)C(C)C(=O)N(C)C. The van der Waals surface area contributed by atoms with Crippen molar-refractivity contribution in [3.8, 4) is 0 Å². The van der Waals surface area contributed by atoms with Crippen LogP contribution in [-0.4, -0.2) is 46.2 Å². The van der Waals surface area contributed by atoms with Gasteiger partial charge < -0.3 is 10.6 Å². The molecule has 78 valence electrons. The summed E-state index contributed by atoms with van der Waals surface area (Å²) in [6, 6.07) is 0. The van der Waals surface area contributed by atoms with Gasteiger partial charge in [0.2, 0.25) is 5.91 Å². The lowest BCUT2D eigenvalue weighted by molar-refractivity contribution is -0.127. The van der Waals surface area contributed by atoms with Crippen molar-refractivity contribution in [2.24, 2.45) is 5.73 Å². The molecule has 0 aromatic heterocycles. The maximum Gasteiger partial charge on any atom is 0.237 e. The Morgan fingerprint density at radius 2 is 1.92 bits per heavy atom. The largest absolute Gasteiger partial charge is 0.348 e. The second-order valence-electron chi connectivity index (χ2n) is 3.25. The van der Waals surface area contributed by atoms with E-state index in [-0.39, 0.29) is 11.2 Å². The maximum absolute atomic E-state index is 11.6. The number of carbonyl (C=O) groups excluding carboxylic acids is 1. The number of nitrogens with two attached hydrogens (primary N) is 1. The summed E-state index contributed by atoms with van der Waals surface area (Å²) in [4.78, 5) is 12.8. The summed E-state index contributed by atoms with van der Waals surface area (Å²) < 4.78 is 11.6. The second kappa shape index (κ2) is 5.34. The molecule has 0 aliphatic rings. The molecule has 0 fully saturated rings. The van der Waals surface area contributed by atoms with E-state index in [0.717, 1.165) is 0 Å². The first-order valence-electron chi connectivity index (χ1n) is 4.22. The fraction of sp³-hybridized carbons (Fsp3) is 0.875. The summed E-state index contributed by atoms with van der Waals surface area (Å²) in [6.45, 7) is 3.80. The van der Waals surface area contributed by atoms with E-state index in [0.29, 0.717) is 6.54 Å². The molecule has 0 radical (unpaired) electrons. The Labute approximate surface area is 81.9 Å². The van der Waals surface area contributed by atoms with Crippen molar-refractivity contribution >= 4 is 16.7 Å². The van der Waals surface area contributed by atoms with Crippen molar-refractivity contribution in [2.75, 3.05) is 20.6 Å². The molecule has 0 bridgehead atoms. The molecule has 0 heterocycles. The van der Waals surface area contributed by atoms with Crippen LogP contribution in [0.2, 0.25) is 0 Å². The standard InChI is InChI=1S/C8H18N2O2S/c1-6(5-9)13(12)7(2)8(11)10(3)4/h6-7H,5,9H2,1-4H3. The van der Waals surface area contributed by atoms with Gasteiger partial charge >= 0.3 is 0 Å². The van der Waals surface area contributed by atoms with E-state index in [1.54, 1.807) is 27.9 Å². The highest BCUT2D eigenvalue weighted by Gasteiger charge is 2.24. The lowest BCUT2D eigenvalue weighted by Crippen LogP contribution is -2.39. The minimum atomic E-state index is -1.18. The molecule has 0 aliphatic carbocycles. The Morgan fingerprint density at radius 3 is 2.23 bits per heavy atom. The molecule has 0 saturated carbocycles. The number of amides is 1. The summed E-state index contributed by atoms with van der Waals surface area (Å²) in [5, 5.41) is -0.590. The number of hydrogen-bond donors (Lipinski definition) is 1. The topological polar surface area (TPSA) is 63.4 Å². The van der Waals surface area contributed by atoms with Gasteiger partial charge in [0.1, 0.15) is 5.25 Å². The molecule has 3 unspecified atom stereocenters. The molecule has 0 rings (SSSR count).